The van der Waals surface area contributed by atoms with Gasteiger partial charge in [-0.15, -0.1) is 0 Å². The first kappa shape index (κ1) is 14.2. The summed E-state index contributed by atoms with van der Waals surface area (Å²) in [5.74, 6) is 0.184. The molecule has 5 nitrogen and oxygen atoms in total. The van der Waals surface area contributed by atoms with Crippen LogP contribution in [0.15, 0.2) is 12.1 Å². The van der Waals surface area contributed by atoms with Gasteiger partial charge >= 0.3 is 0 Å². The fraction of sp³-hybridized carbons (Fsp3) is 0.500. The van der Waals surface area contributed by atoms with Crippen molar-refractivity contribution in [2.24, 2.45) is 0 Å². The van der Waals surface area contributed by atoms with E-state index in [0.29, 0.717) is 12.0 Å². The van der Waals surface area contributed by atoms with Crippen molar-refractivity contribution in [3.63, 3.8) is 0 Å². The lowest BCUT2D eigenvalue weighted by molar-refractivity contribution is 0.282. The van der Waals surface area contributed by atoms with Crippen molar-refractivity contribution in [2.45, 2.75) is 26.4 Å². The molecule has 0 saturated carbocycles. The summed E-state index contributed by atoms with van der Waals surface area (Å²) in [7, 11) is -3.39. The number of hydrogen-bond donors (Lipinski definition) is 2. The summed E-state index contributed by atoms with van der Waals surface area (Å²) in [4.78, 5) is 3.84. The number of pyridine rings is 1. The third kappa shape index (κ3) is 4.89. The van der Waals surface area contributed by atoms with E-state index >= 15 is 0 Å². The van der Waals surface area contributed by atoms with Crippen LogP contribution in [-0.2, 0) is 16.6 Å². The molecule has 96 valence electrons. The predicted octanol–water partition coefficient (Wildman–Crippen LogP) is 1.77. The van der Waals surface area contributed by atoms with Crippen LogP contribution in [0, 0.1) is 0 Å². The number of aliphatic hydroxyl groups excluding tert-OH is 1. The van der Waals surface area contributed by atoms with E-state index in [9.17, 15) is 8.42 Å². The minimum absolute atomic E-state index is 0.0478. The highest BCUT2D eigenvalue weighted by Gasteiger charge is 2.11. The third-order valence-electron chi connectivity index (χ3n) is 2.06. The van der Waals surface area contributed by atoms with Gasteiger partial charge in [-0.2, -0.15) is 0 Å². The zero-order valence-corrected chi connectivity index (χ0v) is 11.1. The van der Waals surface area contributed by atoms with Crippen LogP contribution in [0.2, 0.25) is 5.15 Å². The highest BCUT2D eigenvalue weighted by Crippen LogP contribution is 2.16. The maximum Gasteiger partial charge on any atom is 0.233 e. The van der Waals surface area contributed by atoms with Gasteiger partial charge in [0.1, 0.15) is 11.0 Å². The van der Waals surface area contributed by atoms with E-state index in [1.54, 1.807) is 0 Å². The zero-order valence-electron chi connectivity index (χ0n) is 9.48. The van der Waals surface area contributed by atoms with Gasteiger partial charge in [-0.25, -0.2) is 13.4 Å². The van der Waals surface area contributed by atoms with Crippen molar-refractivity contribution in [1.29, 1.82) is 0 Å². The summed E-state index contributed by atoms with van der Waals surface area (Å²) in [5.41, 5.74) is 0.512. The molecule has 1 rings (SSSR count). The average molecular weight is 279 g/mol. The molecule has 0 saturated heterocycles. The Labute approximate surface area is 106 Å². The number of nitrogens with one attached hydrogen (secondary N) is 1. The fourth-order valence-corrected chi connectivity index (χ4v) is 2.66. The average Bonchev–Trinajstić information content (AvgIpc) is 2.25. The van der Waals surface area contributed by atoms with Gasteiger partial charge < -0.3 is 5.11 Å². The number of aromatic nitrogens is 1. The highest BCUT2D eigenvalue weighted by molar-refractivity contribution is 7.92. The minimum atomic E-state index is -3.39. The van der Waals surface area contributed by atoms with Crippen LogP contribution < -0.4 is 4.72 Å². The van der Waals surface area contributed by atoms with Crippen molar-refractivity contribution in [3.8, 4) is 0 Å². The van der Waals surface area contributed by atoms with Crippen molar-refractivity contribution >= 4 is 27.4 Å². The van der Waals surface area contributed by atoms with E-state index in [-0.39, 0.29) is 23.3 Å². The number of aliphatic hydroxyl groups is 1. The molecule has 2 N–H and O–H groups in total. The first-order valence-electron chi connectivity index (χ1n) is 5.24. The number of hydrogen-bond acceptors (Lipinski definition) is 4. The molecular formula is C10H15ClN2O3S. The van der Waals surface area contributed by atoms with Crippen LogP contribution >= 0.6 is 11.6 Å². The molecule has 7 heteroatoms. The normalized spacial score (nSPS) is 11.5. The third-order valence-corrected chi connectivity index (χ3v) is 3.60. The Balaban J connectivity index is 2.84. The van der Waals surface area contributed by atoms with Gasteiger partial charge in [-0.05, 0) is 24.1 Å². The smallest absolute Gasteiger partial charge is 0.233 e. The first-order valence-corrected chi connectivity index (χ1v) is 7.27. The predicted molar refractivity (Wildman–Crippen MR) is 67.5 cm³/mol. The molecule has 0 atom stereocenters. The lowest BCUT2D eigenvalue weighted by Crippen LogP contribution is -2.17. The standard InChI is InChI=1S/C10H15ClN2O3S/c1-2-3-4-17(15,16)13-10-6-8(7-14)5-9(11)12-10/h5-6,14H,2-4,7H2,1H3,(H,12,13). The molecule has 0 aliphatic carbocycles. The zero-order chi connectivity index (χ0) is 12.9. The molecule has 0 spiro atoms. The van der Waals surface area contributed by atoms with Crippen LogP contribution in [0.1, 0.15) is 25.3 Å². The molecule has 0 aliphatic rings. The van der Waals surface area contributed by atoms with E-state index in [1.807, 2.05) is 6.92 Å². The molecule has 0 fully saturated rings. The molecule has 0 aliphatic heterocycles. The molecule has 0 bridgehead atoms. The number of rotatable bonds is 6. The van der Waals surface area contributed by atoms with Crippen molar-refractivity contribution < 1.29 is 13.5 Å². The summed E-state index contributed by atoms with van der Waals surface area (Å²) < 4.78 is 25.6. The number of unbranched alkanes of at least 4 members (excludes halogenated alkanes) is 1. The number of halogens is 1. The Morgan fingerprint density at radius 3 is 2.76 bits per heavy atom. The van der Waals surface area contributed by atoms with Crippen LogP contribution in [-0.4, -0.2) is 24.3 Å². The number of anilines is 1. The van der Waals surface area contributed by atoms with Gasteiger partial charge in [0.2, 0.25) is 10.0 Å². The van der Waals surface area contributed by atoms with E-state index in [2.05, 4.69) is 9.71 Å². The minimum Gasteiger partial charge on any atom is -0.392 e. The summed E-state index contributed by atoms with van der Waals surface area (Å²) in [6.07, 6.45) is 1.38. The van der Waals surface area contributed by atoms with Gasteiger partial charge in [0.05, 0.1) is 12.4 Å². The molecule has 17 heavy (non-hydrogen) atoms. The largest absolute Gasteiger partial charge is 0.392 e. The van der Waals surface area contributed by atoms with Gasteiger partial charge in [-0.3, -0.25) is 4.72 Å². The van der Waals surface area contributed by atoms with Crippen LogP contribution in [0.3, 0.4) is 0 Å². The van der Waals surface area contributed by atoms with Crippen molar-refractivity contribution in [1.82, 2.24) is 4.98 Å². The summed E-state index contributed by atoms with van der Waals surface area (Å²) in [6.45, 7) is 1.70. The maximum atomic E-state index is 11.6. The van der Waals surface area contributed by atoms with E-state index in [0.717, 1.165) is 6.42 Å². The number of nitrogens with zero attached hydrogens (tertiary/aromatic N) is 1. The maximum absolute atomic E-state index is 11.6. The van der Waals surface area contributed by atoms with Gasteiger partial charge in [-0.1, -0.05) is 24.9 Å². The highest BCUT2D eigenvalue weighted by atomic mass is 35.5. The lowest BCUT2D eigenvalue weighted by atomic mass is 10.3. The molecule has 1 heterocycles. The number of sulfonamides is 1. The van der Waals surface area contributed by atoms with Crippen LogP contribution in [0.4, 0.5) is 5.82 Å². The van der Waals surface area contributed by atoms with Crippen LogP contribution in [0.5, 0.6) is 0 Å². The first-order chi connectivity index (χ1) is 7.96. The summed E-state index contributed by atoms with van der Waals surface area (Å²) in [6, 6.07) is 2.93. The van der Waals surface area contributed by atoms with Gasteiger partial charge in [0.25, 0.3) is 0 Å². The van der Waals surface area contributed by atoms with E-state index in [4.69, 9.17) is 16.7 Å². The SMILES string of the molecule is CCCCS(=O)(=O)Nc1cc(CO)cc(Cl)n1. The Bertz CT molecular complexity index is 476. The van der Waals surface area contributed by atoms with Gasteiger partial charge in [0.15, 0.2) is 0 Å². The van der Waals surface area contributed by atoms with E-state index in [1.165, 1.54) is 12.1 Å². The monoisotopic (exact) mass is 278 g/mol. The Hall–Kier alpha value is -0.850. The van der Waals surface area contributed by atoms with Gasteiger partial charge in [0, 0.05) is 0 Å². The second-order valence-corrected chi connectivity index (χ2v) is 5.85. The van der Waals surface area contributed by atoms with Crippen LogP contribution in [0.25, 0.3) is 0 Å². The molecule has 1 aromatic rings. The summed E-state index contributed by atoms with van der Waals surface area (Å²) >= 11 is 5.70. The fourth-order valence-electron chi connectivity index (χ4n) is 1.24. The summed E-state index contributed by atoms with van der Waals surface area (Å²) in [5, 5.41) is 9.11. The Morgan fingerprint density at radius 2 is 2.18 bits per heavy atom. The quantitative estimate of drug-likeness (QED) is 0.777. The topological polar surface area (TPSA) is 79.3 Å². The lowest BCUT2D eigenvalue weighted by Gasteiger charge is -2.08. The molecule has 1 aromatic heterocycles. The molecule has 0 aromatic carbocycles. The molecule has 0 amide bonds. The second kappa shape index (κ2) is 6.18. The molecule has 0 unspecified atom stereocenters. The van der Waals surface area contributed by atoms with Crippen molar-refractivity contribution in [3.05, 3.63) is 22.8 Å². The second-order valence-electron chi connectivity index (χ2n) is 3.62. The van der Waals surface area contributed by atoms with Crippen molar-refractivity contribution in [2.75, 3.05) is 10.5 Å². The van der Waals surface area contributed by atoms with E-state index < -0.39 is 10.0 Å². The molecular weight excluding hydrogens is 264 g/mol. The Morgan fingerprint density at radius 1 is 1.47 bits per heavy atom. The molecule has 0 radical (unpaired) electrons. The Kier molecular flexibility index (Phi) is 5.17.